The summed E-state index contributed by atoms with van der Waals surface area (Å²) in [7, 11) is 4.45. The van der Waals surface area contributed by atoms with Gasteiger partial charge >= 0.3 is 54.8 Å². The Bertz CT molecular complexity index is 8.00. The third kappa shape index (κ3) is 9.45. The molecule has 4 heteroatoms. The summed E-state index contributed by atoms with van der Waals surface area (Å²) in [5.41, 5.74) is 0. The second kappa shape index (κ2) is 23.0. The molecule has 0 bridgehead atoms. The molecule has 0 atom stereocenters. The molecule has 0 saturated carbocycles. The molecule has 0 aliphatic heterocycles. The van der Waals surface area contributed by atoms with Gasteiger partial charge in [0.05, 0.1) is 0 Å². The van der Waals surface area contributed by atoms with Crippen LogP contribution in [0.5, 0.6) is 0 Å². The Morgan fingerprint density at radius 1 is 1.50 bits per heavy atom. The Hall–Kier alpha value is 1.63. The monoisotopic (exact) mass is 278 g/mol. The predicted octanol–water partition coefficient (Wildman–Crippen LogP) is 0.187. The Morgan fingerprint density at radius 3 is 1.50 bits per heavy atom. The molecule has 0 rings (SSSR count). The van der Waals surface area contributed by atoms with Crippen LogP contribution in [0.1, 0.15) is 0 Å². The summed E-state index contributed by atoms with van der Waals surface area (Å²) in [4.78, 5) is 0. The molecule has 0 spiro atoms. The van der Waals surface area contributed by atoms with Crippen molar-refractivity contribution >= 4 is 31.7 Å². The molecule has 0 aromatic rings. The van der Waals surface area contributed by atoms with Crippen LogP contribution in [0, 0.1) is 0 Å². The van der Waals surface area contributed by atoms with Crippen LogP contribution in [0.15, 0.2) is 0 Å². The third-order valence-corrected chi connectivity index (χ3v) is 0. The van der Waals surface area contributed by atoms with E-state index < -0.39 is 0 Å². The summed E-state index contributed by atoms with van der Waals surface area (Å²) in [5, 5.41) is 0. The quantitative estimate of drug-likeness (QED) is 0.578. The van der Waals surface area contributed by atoms with Gasteiger partial charge in [-0.3, -0.25) is 0 Å². The van der Waals surface area contributed by atoms with Crippen LogP contribution < -0.4 is 0 Å². The fraction of sp³-hybridized carbons (Fsp3) is 0. The van der Waals surface area contributed by atoms with E-state index in [0.717, 1.165) is 0 Å². The SMILES string of the molecule is [Cl][Ag].[O]=[Sn]. The summed E-state index contributed by atoms with van der Waals surface area (Å²) < 4.78 is 8.34. The third-order valence-electron chi connectivity index (χ3n) is 0. The maximum absolute atomic E-state index is 8.34. The average molecular weight is 278 g/mol. The normalized spacial score (nSPS) is 2.75. The molecule has 4 heavy (non-hydrogen) atoms. The average Bonchev–Trinajstić information content (AvgIpc) is 1.50. The van der Waals surface area contributed by atoms with E-state index in [1.807, 2.05) is 0 Å². The van der Waals surface area contributed by atoms with Gasteiger partial charge in [0.2, 0.25) is 0 Å². The number of hydrogen-bond acceptors (Lipinski definition) is 1. The van der Waals surface area contributed by atoms with Crippen LogP contribution in [0.4, 0.5) is 0 Å². The molecule has 0 heterocycles. The first kappa shape index (κ1) is 9.16. The number of halogens is 1. The molecule has 0 aliphatic carbocycles. The van der Waals surface area contributed by atoms with E-state index in [9.17, 15) is 0 Å². The van der Waals surface area contributed by atoms with Gasteiger partial charge in [-0.2, -0.15) is 0 Å². The van der Waals surface area contributed by atoms with Crippen LogP contribution in [0.2, 0.25) is 0 Å². The first-order valence-corrected chi connectivity index (χ1v) is 3.39. The Kier molecular flexibility index (Phi) is 52.6. The second-order valence-electron chi connectivity index (χ2n) is 0. The molecule has 0 amide bonds. The summed E-state index contributed by atoms with van der Waals surface area (Å²) in [5.74, 6) is 0. The van der Waals surface area contributed by atoms with Crippen molar-refractivity contribution in [1.29, 1.82) is 0 Å². The van der Waals surface area contributed by atoms with Gasteiger partial charge in [0.15, 0.2) is 0 Å². The molecular formula is AgClOSn. The van der Waals surface area contributed by atoms with E-state index in [1.165, 1.54) is 0 Å². The van der Waals surface area contributed by atoms with Crippen molar-refractivity contribution in [2.24, 2.45) is 0 Å². The van der Waals surface area contributed by atoms with Gasteiger partial charge < -0.3 is 0 Å². The van der Waals surface area contributed by atoms with E-state index in [4.69, 9.17) is 3.08 Å². The number of rotatable bonds is 0. The Balaban J connectivity index is 0. The van der Waals surface area contributed by atoms with Crippen LogP contribution in [0.25, 0.3) is 0 Å². The van der Waals surface area contributed by atoms with Gasteiger partial charge in [-0.15, -0.1) is 0 Å². The van der Waals surface area contributed by atoms with Crippen molar-refractivity contribution in [3.63, 3.8) is 0 Å². The van der Waals surface area contributed by atoms with Crippen LogP contribution in [-0.2, 0) is 23.1 Å². The predicted molar refractivity (Wildman–Crippen MR) is 12.3 cm³/mol. The van der Waals surface area contributed by atoms with Gasteiger partial charge in [0.25, 0.3) is 0 Å². The standard InChI is InChI=1S/Ag.ClH.O.Sn/h;1H;;/q+1;;;/p-1. The zero-order chi connectivity index (χ0) is 4.00. The van der Waals surface area contributed by atoms with E-state index in [1.54, 1.807) is 0 Å². The molecule has 0 aliphatic rings. The van der Waals surface area contributed by atoms with Gasteiger partial charge in [-0.05, 0) is 0 Å². The molecule has 2 radical (unpaired) electrons. The van der Waals surface area contributed by atoms with E-state index in [-0.39, 0.29) is 0 Å². The topological polar surface area (TPSA) is 17.1 Å². The zero-order valence-electron chi connectivity index (χ0n) is 1.59. The first-order valence-electron chi connectivity index (χ1n) is 0.318. The summed E-state index contributed by atoms with van der Waals surface area (Å²) in [6.07, 6.45) is 0. The van der Waals surface area contributed by atoms with Crippen molar-refractivity contribution in [2.75, 3.05) is 0 Å². The Labute approximate surface area is 54.3 Å². The molecule has 0 saturated heterocycles. The summed E-state index contributed by atoms with van der Waals surface area (Å²) >= 11 is 2.72. The van der Waals surface area contributed by atoms with Crippen molar-refractivity contribution < 1.29 is 23.1 Å². The van der Waals surface area contributed by atoms with Gasteiger partial charge in [0, 0.05) is 0 Å². The number of hydrogen-bond donors (Lipinski definition) is 0. The molecule has 28 valence electrons. The van der Waals surface area contributed by atoms with E-state index in [2.05, 4.69) is 29.2 Å². The first-order chi connectivity index (χ1) is 2.00. The van der Waals surface area contributed by atoms with Crippen molar-refractivity contribution in [3.8, 4) is 0 Å². The second-order valence-corrected chi connectivity index (χ2v) is 0. The van der Waals surface area contributed by atoms with Gasteiger partial charge in [-0.1, -0.05) is 0 Å². The maximum atomic E-state index is 8.34. The van der Waals surface area contributed by atoms with Crippen LogP contribution >= 0.6 is 9.19 Å². The summed E-state index contributed by atoms with van der Waals surface area (Å²) in [6, 6.07) is 0. The molecule has 0 aromatic carbocycles. The molecule has 0 fully saturated rings. The van der Waals surface area contributed by atoms with Crippen molar-refractivity contribution in [1.82, 2.24) is 0 Å². The zero-order valence-corrected chi connectivity index (χ0v) is 6.68. The minimum atomic E-state index is 0.300. The fourth-order valence-electron chi connectivity index (χ4n) is 0. The molecule has 1 nitrogen and oxygen atoms in total. The van der Waals surface area contributed by atoms with Crippen molar-refractivity contribution in [2.45, 2.75) is 0 Å². The fourth-order valence-corrected chi connectivity index (χ4v) is 0. The van der Waals surface area contributed by atoms with Crippen molar-refractivity contribution in [3.05, 3.63) is 0 Å². The molecule has 0 unspecified atom stereocenters. The van der Waals surface area contributed by atoms with Gasteiger partial charge in [-0.25, -0.2) is 0 Å². The van der Waals surface area contributed by atoms with Crippen LogP contribution in [0.3, 0.4) is 0 Å². The minimum absolute atomic E-state index is 0.300. The van der Waals surface area contributed by atoms with E-state index >= 15 is 0 Å². The summed E-state index contributed by atoms with van der Waals surface area (Å²) in [6.45, 7) is 0. The molecule has 0 N–H and O–H groups in total. The van der Waals surface area contributed by atoms with Crippen LogP contribution in [-0.4, -0.2) is 22.5 Å². The molecule has 0 aromatic heterocycles. The molecular weight excluding hydrogens is 278 g/mol. The van der Waals surface area contributed by atoms with E-state index in [0.29, 0.717) is 22.5 Å². The Morgan fingerprint density at radius 2 is 1.50 bits per heavy atom. The van der Waals surface area contributed by atoms with Gasteiger partial charge in [0.1, 0.15) is 0 Å².